The average Bonchev–Trinajstić information content (AvgIpc) is 2.76. The summed E-state index contributed by atoms with van der Waals surface area (Å²) in [5.74, 6) is -0.372. The van der Waals surface area contributed by atoms with Crippen molar-refractivity contribution < 1.29 is 8.94 Å². The Morgan fingerprint density at radius 3 is 2.76 bits per heavy atom. The number of hydrogen-bond donors (Lipinski definition) is 0. The molecular formula is C13H13NO3. The fourth-order valence-electron chi connectivity index (χ4n) is 1.47. The number of rotatable bonds is 5. The van der Waals surface area contributed by atoms with Gasteiger partial charge in [-0.25, -0.2) is 4.79 Å². The molecule has 0 fully saturated rings. The van der Waals surface area contributed by atoms with E-state index in [4.69, 9.17) is 4.42 Å². The lowest BCUT2D eigenvalue weighted by Crippen LogP contribution is -1.87. The van der Waals surface area contributed by atoms with Gasteiger partial charge in [0.2, 0.25) is 5.89 Å². The Kier molecular flexibility index (Phi) is 3.91. The Labute approximate surface area is 98.6 Å². The Bertz CT molecular complexity index is 525. The number of unbranched alkanes of at least 4 members (excludes halogenated alkanes) is 1. The molecule has 1 aromatic heterocycles. The first-order valence-electron chi connectivity index (χ1n) is 5.52. The second-order valence-electron chi connectivity index (χ2n) is 3.63. The summed E-state index contributed by atoms with van der Waals surface area (Å²) in [7, 11) is 0. The first-order valence-corrected chi connectivity index (χ1v) is 5.52. The number of benzene rings is 1. The summed E-state index contributed by atoms with van der Waals surface area (Å²) in [6.07, 6.45) is 6.56. The van der Waals surface area contributed by atoms with Crippen LogP contribution in [0.3, 0.4) is 0 Å². The highest BCUT2D eigenvalue weighted by Gasteiger charge is 2.01. The van der Waals surface area contributed by atoms with Gasteiger partial charge in [0.05, 0.1) is 0 Å². The lowest BCUT2D eigenvalue weighted by Gasteiger charge is -1.92. The van der Waals surface area contributed by atoms with Crippen LogP contribution < -0.4 is 5.82 Å². The summed E-state index contributed by atoms with van der Waals surface area (Å²) in [6.45, 7) is 0. The van der Waals surface area contributed by atoms with E-state index in [0.29, 0.717) is 12.3 Å². The van der Waals surface area contributed by atoms with E-state index in [2.05, 4.69) is 21.8 Å². The molecule has 0 N–H and O–H groups in total. The van der Waals surface area contributed by atoms with Crippen molar-refractivity contribution in [3.05, 3.63) is 58.5 Å². The molecule has 2 rings (SSSR count). The Morgan fingerprint density at radius 1 is 1.24 bits per heavy atom. The van der Waals surface area contributed by atoms with Crippen LogP contribution in [0.25, 0.3) is 6.08 Å². The molecule has 0 unspecified atom stereocenters. The highest BCUT2D eigenvalue weighted by atomic mass is 16.6. The van der Waals surface area contributed by atoms with E-state index in [0.717, 1.165) is 12.8 Å². The zero-order valence-electron chi connectivity index (χ0n) is 9.33. The van der Waals surface area contributed by atoms with E-state index in [1.54, 1.807) is 0 Å². The molecule has 1 heterocycles. The first kappa shape index (κ1) is 11.4. The highest BCUT2D eigenvalue weighted by Crippen LogP contribution is 2.05. The van der Waals surface area contributed by atoms with Crippen molar-refractivity contribution in [2.24, 2.45) is 0 Å². The molecule has 0 saturated carbocycles. The monoisotopic (exact) mass is 231 g/mol. The van der Waals surface area contributed by atoms with Crippen LogP contribution in [0.2, 0.25) is 0 Å². The quantitative estimate of drug-likeness (QED) is 0.742. The summed E-state index contributed by atoms with van der Waals surface area (Å²) in [5, 5.41) is 3.49. The van der Waals surface area contributed by atoms with Crippen molar-refractivity contribution in [2.75, 3.05) is 0 Å². The maximum absolute atomic E-state index is 10.6. The molecule has 17 heavy (non-hydrogen) atoms. The van der Waals surface area contributed by atoms with Gasteiger partial charge in [-0.15, -0.1) is 0 Å². The van der Waals surface area contributed by atoms with E-state index >= 15 is 0 Å². The Balaban J connectivity index is 1.73. The lowest BCUT2D eigenvalue weighted by atomic mass is 10.1. The van der Waals surface area contributed by atoms with E-state index in [1.807, 2.05) is 30.3 Å². The van der Waals surface area contributed by atoms with Crippen LogP contribution in [-0.4, -0.2) is 5.16 Å². The highest BCUT2D eigenvalue weighted by molar-refractivity contribution is 5.48. The minimum atomic E-state index is -0.736. The van der Waals surface area contributed by atoms with E-state index in [1.165, 1.54) is 5.56 Å². The second-order valence-corrected chi connectivity index (χ2v) is 3.63. The summed E-state index contributed by atoms with van der Waals surface area (Å²) < 4.78 is 8.99. The summed E-state index contributed by atoms with van der Waals surface area (Å²) in [4.78, 5) is 10.6. The first-order chi connectivity index (χ1) is 8.34. The zero-order valence-corrected chi connectivity index (χ0v) is 9.33. The Morgan fingerprint density at radius 2 is 2.06 bits per heavy atom. The maximum atomic E-state index is 10.6. The van der Waals surface area contributed by atoms with Crippen molar-refractivity contribution in [3.63, 3.8) is 0 Å². The normalized spacial score (nSPS) is 11.1. The molecule has 1 aromatic carbocycles. The molecule has 88 valence electrons. The standard InChI is InChI=1S/C13H13NO3/c15-13-16-12(14-17-13)10-6-2-5-9-11-7-3-1-4-8-11/h1,3-5,7-9H,2,6,10H2/b9-5+. The predicted molar refractivity (Wildman–Crippen MR) is 63.5 cm³/mol. The number of nitrogens with zero attached hydrogens (tertiary/aromatic N) is 1. The molecule has 4 nitrogen and oxygen atoms in total. The maximum Gasteiger partial charge on any atom is 0.542 e. The molecule has 0 saturated heterocycles. The molecule has 0 spiro atoms. The Hall–Kier alpha value is -2.10. The molecule has 0 radical (unpaired) electrons. The molecule has 0 amide bonds. The molecule has 2 aromatic rings. The number of allylic oxidation sites excluding steroid dienone is 1. The van der Waals surface area contributed by atoms with Crippen molar-refractivity contribution in [2.45, 2.75) is 19.3 Å². The van der Waals surface area contributed by atoms with Gasteiger partial charge < -0.3 is 4.42 Å². The van der Waals surface area contributed by atoms with Gasteiger partial charge in [-0.05, 0) is 23.6 Å². The molecule has 4 heteroatoms. The fourth-order valence-corrected chi connectivity index (χ4v) is 1.47. The third-order valence-corrected chi connectivity index (χ3v) is 2.29. The molecule has 0 aliphatic heterocycles. The number of aromatic nitrogens is 1. The molecule has 0 aliphatic rings. The average molecular weight is 231 g/mol. The minimum Gasteiger partial charge on any atom is -0.375 e. The van der Waals surface area contributed by atoms with Crippen molar-refractivity contribution >= 4 is 6.08 Å². The van der Waals surface area contributed by atoms with E-state index in [-0.39, 0.29) is 0 Å². The minimum absolute atomic E-state index is 0.364. The third-order valence-electron chi connectivity index (χ3n) is 2.29. The van der Waals surface area contributed by atoms with Crippen LogP contribution in [0.15, 0.2) is 50.1 Å². The van der Waals surface area contributed by atoms with Crippen LogP contribution in [0.1, 0.15) is 24.3 Å². The van der Waals surface area contributed by atoms with E-state index in [9.17, 15) is 4.79 Å². The van der Waals surface area contributed by atoms with Gasteiger partial charge in [0.25, 0.3) is 0 Å². The van der Waals surface area contributed by atoms with Gasteiger partial charge in [0, 0.05) is 6.42 Å². The summed E-state index contributed by atoms with van der Waals surface area (Å²) >= 11 is 0. The van der Waals surface area contributed by atoms with Crippen molar-refractivity contribution in [3.8, 4) is 0 Å². The third kappa shape index (κ3) is 3.75. The molecular weight excluding hydrogens is 218 g/mol. The van der Waals surface area contributed by atoms with Crippen LogP contribution in [0, 0.1) is 0 Å². The predicted octanol–water partition coefficient (Wildman–Crippen LogP) is 2.66. The SMILES string of the molecule is O=c1onc(CCC/C=C/c2ccccc2)o1. The van der Waals surface area contributed by atoms with Gasteiger partial charge in [-0.3, -0.25) is 4.52 Å². The zero-order chi connectivity index (χ0) is 11.9. The van der Waals surface area contributed by atoms with Gasteiger partial charge in [-0.2, -0.15) is 0 Å². The van der Waals surface area contributed by atoms with E-state index < -0.39 is 5.82 Å². The lowest BCUT2D eigenvalue weighted by molar-refractivity contribution is 0.334. The van der Waals surface area contributed by atoms with Crippen LogP contribution in [0.5, 0.6) is 0 Å². The van der Waals surface area contributed by atoms with Crippen molar-refractivity contribution in [1.82, 2.24) is 5.16 Å². The van der Waals surface area contributed by atoms with Gasteiger partial charge >= 0.3 is 5.82 Å². The molecule has 0 atom stereocenters. The molecule has 0 aliphatic carbocycles. The summed E-state index contributed by atoms with van der Waals surface area (Å²) in [6, 6.07) is 10.1. The topological polar surface area (TPSA) is 56.2 Å². The van der Waals surface area contributed by atoms with Gasteiger partial charge in [0.1, 0.15) is 0 Å². The van der Waals surface area contributed by atoms with Crippen LogP contribution in [0.4, 0.5) is 0 Å². The summed E-state index contributed by atoms with van der Waals surface area (Å²) in [5.41, 5.74) is 1.18. The van der Waals surface area contributed by atoms with Crippen molar-refractivity contribution in [1.29, 1.82) is 0 Å². The van der Waals surface area contributed by atoms with Gasteiger partial charge in [-0.1, -0.05) is 42.5 Å². The number of aryl methyl sites for hydroxylation is 1. The largest absolute Gasteiger partial charge is 0.542 e. The van der Waals surface area contributed by atoms with Gasteiger partial charge in [0.15, 0.2) is 0 Å². The fraction of sp³-hybridized carbons (Fsp3) is 0.231. The smallest absolute Gasteiger partial charge is 0.375 e. The molecule has 0 bridgehead atoms. The van der Waals surface area contributed by atoms with Crippen LogP contribution in [-0.2, 0) is 6.42 Å². The van der Waals surface area contributed by atoms with Crippen LogP contribution >= 0.6 is 0 Å². The second kappa shape index (κ2) is 5.84. The number of hydrogen-bond acceptors (Lipinski definition) is 4.